The zero-order chi connectivity index (χ0) is 39.6. The predicted octanol–water partition coefficient (Wildman–Crippen LogP) is -5.53. The zero-order valence-electron chi connectivity index (χ0n) is 30.9. The van der Waals surface area contributed by atoms with Crippen LogP contribution >= 0.6 is 12.2 Å². The van der Waals surface area contributed by atoms with Gasteiger partial charge in [-0.2, -0.15) is 0 Å². The van der Waals surface area contributed by atoms with Gasteiger partial charge in [-0.25, -0.2) is 0 Å². The van der Waals surface area contributed by atoms with Crippen LogP contribution in [0.4, 0.5) is 5.69 Å². The zero-order valence-corrected chi connectivity index (χ0v) is 33.4. The van der Waals surface area contributed by atoms with E-state index >= 15 is 0 Å². The minimum Gasteiger partial charge on any atom is -0.549 e. The van der Waals surface area contributed by atoms with Crippen molar-refractivity contribution in [3.8, 4) is 0 Å². The molecule has 0 aromatic heterocycles. The molecule has 1 unspecified atom stereocenters. The number of carbonyl (C=O) groups excluding carboxylic acids is 3. The van der Waals surface area contributed by atoms with E-state index in [4.69, 9.17) is 36.9 Å². The molecular weight excluding hydrogens is 905 g/mol. The maximum atomic E-state index is 12.0. The maximum Gasteiger partial charge on any atom is 3.00 e. The normalized spacial score (nSPS) is 16.6. The van der Waals surface area contributed by atoms with E-state index in [1.165, 1.54) is 0 Å². The number of carbonyl (C=O) groups is 4. The average molecular weight is 960 g/mol. The second-order valence-electron chi connectivity index (χ2n) is 12.4. The Morgan fingerprint density at radius 1 is 0.709 bits per heavy atom. The largest absolute Gasteiger partial charge is 3.00 e. The van der Waals surface area contributed by atoms with Crippen molar-refractivity contribution in [2.45, 2.75) is 12.5 Å². The summed E-state index contributed by atoms with van der Waals surface area (Å²) in [7, 11) is 0. The first kappa shape index (κ1) is 50.7. The molecule has 1 fully saturated rings. The number of hydrogen-bond donors (Lipinski definition) is 4. The third-order valence-corrected chi connectivity index (χ3v) is 8.39. The van der Waals surface area contributed by atoms with E-state index in [9.17, 15) is 39.6 Å². The van der Waals surface area contributed by atoms with Crippen LogP contribution in [0.3, 0.4) is 0 Å². The number of rotatable bonds is 25. The molecule has 1 aliphatic rings. The molecule has 1 aliphatic heterocycles. The molecule has 5 N–H and O–H groups in total. The number of carboxylic acids is 4. The first-order chi connectivity index (χ1) is 25.9. The standard InChI is InChI=1S/C34H57N7O12S.Lu/c35-5-13-50-15-17-52-19-20-53-18-16-51-14-6-36-34(54)37-28-3-1-27(2-4-28)21-29-22-40(25-32(46)47)10-9-38(23-30(42)43)7-8-39(24-31(44)45)11-12-41(29)26-33(48)49;/h1-4,29H,5-26,35H2,(H,42,43)(H,44,45)(H,46,47)(H,48,49)(H2,36,37,54);/q;+3/p-3. The van der Waals surface area contributed by atoms with Crippen molar-refractivity contribution in [1.29, 1.82) is 0 Å². The van der Waals surface area contributed by atoms with Gasteiger partial charge in [-0.1, -0.05) is 12.1 Å². The molecule has 0 aliphatic carbocycles. The minimum absolute atomic E-state index is 0. The molecule has 21 heteroatoms. The van der Waals surface area contributed by atoms with Crippen LogP contribution in [0.25, 0.3) is 0 Å². The van der Waals surface area contributed by atoms with E-state index in [1.54, 1.807) is 19.6 Å². The number of anilines is 1. The number of nitrogens with zero attached hydrogens (tertiary/aromatic N) is 4. The first-order valence-electron chi connectivity index (χ1n) is 17.8. The molecule has 0 spiro atoms. The van der Waals surface area contributed by atoms with Crippen molar-refractivity contribution in [3.63, 3.8) is 0 Å². The Morgan fingerprint density at radius 3 is 1.65 bits per heavy atom. The summed E-state index contributed by atoms with van der Waals surface area (Å²) in [6, 6.07) is 6.78. The number of thiocarbonyl (C=S) groups is 1. The van der Waals surface area contributed by atoms with E-state index in [0.29, 0.717) is 83.2 Å². The molecule has 0 radical (unpaired) electrons. The third kappa shape index (κ3) is 25.5. The quantitative estimate of drug-likeness (QED) is 0.0527. The molecule has 2 rings (SSSR count). The van der Waals surface area contributed by atoms with Gasteiger partial charge in [0.1, 0.15) is 0 Å². The van der Waals surface area contributed by atoms with Crippen LogP contribution in [0.15, 0.2) is 24.3 Å². The predicted molar refractivity (Wildman–Crippen MR) is 194 cm³/mol. The summed E-state index contributed by atoms with van der Waals surface area (Å²) < 4.78 is 21.6. The van der Waals surface area contributed by atoms with Gasteiger partial charge in [0.25, 0.3) is 0 Å². The van der Waals surface area contributed by atoms with Gasteiger partial charge in [0.2, 0.25) is 0 Å². The summed E-state index contributed by atoms with van der Waals surface area (Å²) in [6.07, 6.45) is 0.321. The smallest absolute Gasteiger partial charge is 0.549 e. The van der Waals surface area contributed by atoms with Crippen LogP contribution in [0.5, 0.6) is 0 Å². The van der Waals surface area contributed by atoms with E-state index in [2.05, 4.69) is 10.6 Å². The average Bonchev–Trinajstić information content (AvgIpc) is 3.10. The van der Waals surface area contributed by atoms with Crippen LogP contribution in [-0.4, -0.2) is 198 Å². The molecular formula is C34H54LuN7O12S. The van der Waals surface area contributed by atoms with Gasteiger partial charge in [0, 0.05) is 90.3 Å². The second kappa shape index (κ2) is 30.8. The molecule has 1 aromatic rings. The number of hydrogen-bond acceptors (Lipinski definition) is 17. The van der Waals surface area contributed by atoms with Crippen molar-refractivity contribution in [1.82, 2.24) is 24.9 Å². The number of benzene rings is 1. The van der Waals surface area contributed by atoms with Crippen molar-refractivity contribution in [2.24, 2.45) is 5.73 Å². The molecule has 1 atom stereocenters. The molecule has 1 aromatic carbocycles. The number of aliphatic carboxylic acids is 4. The molecule has 19 nitrogen and oxygen atoms in total. The Kier molecular flexibility index (Phi) is 28.3. The summed E-state index contributed by atoms with van der Waals surface area (Å²) in [5.41, 5.74) is 6.87. The van der Waals surface area contributed by atoms with Gasteiger partial charge < -0.3 is 70.1 Å². The molecule has 55 heavy (non-hydrogen) atoms. The molecule has 0 amide bonds. The fraction of sp³-hybridized carbons (Fsp3) is 0.676. The van der Waals surface area contributed by atoms with Gasteiger partial charge in [0.15, 0.2) is 5.11 Å². The van der Waals surface area contributed by atoms with Crippen molar-refractivity contribution in [3.05, 3.63) is 29.8 Å². The number of ether oxygens (including phenoxy) is 4. The van der Waals surface area contributed by atoms with Crippen LogP contribution in [0.2, 0.25) is 0 Å². The van der Waals surface area contributed by atoms with Gasteiger partial charge in [-0.3, -0.25) is 24.4 Å². The Balaban J connectivity index is 0.0000151. The molecule has 0 saturated carbocycles. The van der Waals surface area contributed by atoms with Gasteiger partial charge in [0.05, 0.1) is 77.3 Å². The van der Waals surface area contributed by atoms with Gasteiger partial charge in [-0.05, 0) is 36.3 Å². The Bertz CT molecular complexity index is 1270. The van der Waals surface area contributed by atoms with Crippen LogP contribution in [0.1, 0.15) is 5.56 Å². The topological polar surface area (TPSA) is 258 Å². The monoisotopic (exact) mass is 959 g/mol. The number of carboxylic acid groups (broad SMARTS) is 4. The Morgan fingerprint density at radius 2 is 1.16 bits per heavy atom. The summed E-state index contributed by atoms with van der Waals surface area (Å²) >= 11 is 5.40. The third-order valence-electron chi connectivity index (χ3n) is 8.14. The van der Waals surface area contributed by atoms with Gasteiger partial charge in [-0.15, -0.1) is 0 Å². The number of nitrogens with two attached hydrogens (primary N) is 1. The fourth-order valence-electron chi connectivity index (χ4n) is 5.58. The molecule has 0 bridgehead atoms. The van der Waals surface area contributed by atoms with Gasteiger partial charge >= 0.3 is 42.8 Å². The van der Waals surface area contributed by atoms with Crippen LogP contribution in [0, 0.1) is 36.9 Å². The van der Waals surface area contributed by atoms with Crippen molar-refractivity contribution in [2.75, 3.05) is 143 Å². The van der Waals surface area contributed by atoms with Crippen LogP contribution in [-0.2, 0) is 44.5 Å². The van der Waals surface area contributed by atoms with E-state index in [0.717, 1.165) is 5.56 Å². The minimum atomic E-state index is -1.34. The fourth-order valence-corrected chi connectivity index (χ4v) is 5.80. The van der Waals surface area contributed by atoms with Crippen LogP contribution < -0.4 is 31.7 Å². The molecule has 1 saturated heterocycles. The summed E-state index contributed by atoms with van der Waals surface area (Å²) in [5, 5.41) is 50.9. The SMILES string of the molecule is NCCOCCOCCOCCOCCNC(=S)Nc1ccc(CC2CN(CC(=O)[O-])CCN(CC(=O)[O-])CCN(CC(=O)[O-])CCN2CC(=O)O)cc1.[Lu+3]. The Hall–Kier alpha value is -2.34. The van der Waals surface area contributed by atoms with Crippen molar-refractivity contribution >= 4 is 46.9 Å². The second-order valence-corrected chi connectivity index (χ2v) is 12.8. The Labute approximate surface area is 356 Å². The van der Waals surface area contributed by atoms with E-state index in [1.807, 2.05) is 24.3 Å². The van der Waals surface area contributed by atoms with Crippen molar-refractivity contribution < 1.29 is 95.4 Å². The first-order valence-corrected chi connectivity index (χ1v) is 18.2. The van der Waals surface area contributed by atoms with E-state index in [-0.39, 0.29) is 89.2 Å². The summed E-state index contributed by atoms with van der Waals surface area (Å²) in [6.45, 7) is 3.89. The molecule has 318 valence electrons. The van der Waals surface area contributed by atoms with E-state index < -0.39 is 49.6 Å². The molecule has 1 heterocycles. The maximum absolute atomic E-state index is 12.0. The summed E-state index contributed by atoms with van der Waals surface area (Å²) in [5.74, 6) is -5.10. The number of nitrogens with one attached hydrogen (secondary N) is 2. The summed E-state index contributed by atoms with van der Waals surface area (Å²) in [4.78, 5) is 53.0.